The van der Waals surface area contributed by atoms with Gasteiger partial charge in [-0.05, 0) is 60.4 Å². The molecule has 0 aromatic heterocycles. The number of nitrogens with zero attached hydrogens (tertiary/aromatic N) is 2. The molecule has 1 unspecified atom stereocenters. The molecule has 1 N–H and O–H groups in total. The summed E-state index contributed by atoms with van der Waals surface area (Å²) < 4.78 is 5.72. The highest BCUT2D eigenvalue weighted by Gasteiger charge is 2.26. The maximum Gasteiger partial charge on any atom is 0.323 e. The fraction of sp³-hybridized carbons (Fsp3) is 0.231. The average molecular weight is 495 g/mol. The first-order chi connectivity index (χ1) is 16.9. The molecule has 0 aliphatic heterocycles. The van der Waals surface area contributed by atoms with Gasteiger partial charge in [-0.2, -0.15) is 12.6 Å². The lowest BCUT2D eigenvalue weighted by Crippen LogP contribution is -2.40. The molecule has 0 saturated heterocycles. The number of non-ortho nitro benzene ring substituents is 1. The van der Waals surface area contributed by atoms with Crippen molar-refractivity contribution in [3.8, 4) is 5.75 Å². The van der Waals surface area contributed by atoms with Crippen LogP contribution >= 0.6 is 12.6 Å². The number of carbonyl (C=O) groups excluding carboxylic acids is 1. The van der Waals surface area contributed by atoms with Crippen molar-refractivity contribution in [3.63, 3.8) is 0 Å². The quantitative estimate of drug-likeness (QED) is 0.213. The Labute approximate surface area is 208 Å². The topological polar surface area (TPSA) is 110 Å². The molecule has 35 heavy (non-hydrogen) atoms. The van der Waals surface area contributed by atoms with E-state index in [9.17, 15) is 24.8 Å². The summed E-state index contributed by atoms with van der Waals surface area (Å²) in [5.41, 5.74) is 2.32. The summed E-state index contributed by atoms with van der Waals surface area (Å²) in [5.74, 6) is -1.02. The largest absolute Gasteiger partial charge is 0.489 e. The van der Waals surface area contributed by atoms with E-state index in [4.69, 9.17) is 4.74 Å². The fourth-order valence-corrected chi connectivity index (χ4v) is 3.87. The van der Waals surface area contributed by atoms with E-state index in [2.05, 4.69) is 12.6 Å². The van der Waals surface area contributed by atoms with Crippen molar-refractivity contribution >= 4 is 35.9 Å². The fourth-order valence-electron chi connectivity index (χ4n) is 3.53. The summed E-state index contributed by atoms with van der Waals surface area (Å²) in [6.45, 7) is -0.256. The van der Waals surface area contributed by atoms with E-state index < -0.39 is 23.4 Å². The van der Waals surface area contributed by atoms with Crippen LogP contribution in [-0.4, -0.2) is 34.2 Å². The number of thiol groups is 1. The molecule has 0 aliphatic carbocycles. The molecule has 0 bridgehead atoms. The van der Waals surface area contributed by atoms with Gasteiger partial charge >= 0.3 is 5.97 Å². The molecular weight excluding hydrogens is 468 g/mol. The minimum absolute atomic E-state index is 0.00424. The lowest BCUT2D eigenvalue weighted by atomic mass is 9.99. The number of hydrogen-bond donors (Lipinski definition) is 2. The van der Waals surface area contributed by atoms with Gasteiger partial charge in [-0.3, -0.25) is 19.7 Å². The van der Waals surface area contributed by atoms with Crippen LogP contribution in [0.4, 0.5) is 11.4 Å². The van der Waals surface area contributed by atoms with Gasteiger partial charge in [-0.1, -0.05) is 30.3 Å². The highest BCUT2D eigenvalue weighted by molar-refractivity contribution is 7.80. The first-order valence-corrected chi connectivity index (χ1v) is 11.6. The number of rotatable bonds is 12. The van der Waals surface area contributed by atoms with Gasteiger partial charge in [0, 0.05) is 29.5 Å². The summed E-state index contributed by atoms with van der Waals surface area (Å²) in [4.78, 5) is 36.3. The minimum atomic E-state index is -1.11. The number of benzene rings is 3. The van der Waals surface area contributed by atoms with Crippen LogP contribution in [0.25, 0.3) is 0 Å². The highest BCUT2D eigenvalue weighted by atomic mass is 32.1. The number of ether oxygens (including phenoxy) is 1. The number of aliphatic carboxylic acids is 1. The van der Waals surface area contributed by atoms with Crippen LogP contribution < -0.4 is 9.64 Å². The van der Waals surface area contributed by atoms with Crippen LogP contribution in [0.1, 0.15) is 17.5 Å². The molecule has 3 aromatic carbocycles. The van der Waals surface area contributed by atoms with Gasteiger partial charge in [-0.25, -0.2) is 0 Å². The van der Waals surface area contributed by atoms with Crippen molar-refractivity contribution in [3.05, 3.63) is 100 Å². The third-order valence-corrected chi connectivity index (χ3v) is 5.90. The zero-order valence-corrected chi connectivity index (χ0v) is 19.8. The number of nitro benzene ring substituents is 1. The number of nitro groups is 1. The Bertz CT molecular complexity index is 1140. The van der Waals surface area contributed by atoms with E-state index in [-0.39, 0.29) is 18.2 Å². The second kappa shape index (κ2) is 12.6. The summed E-state index contributed by atoms with van der Waals surface area (Å²) in [6.07, 6.45) is 1.24. The number of anilines is 1. The molecule has 1 atom stereocenters. The van der Waals surface area contributed by atoms with Gasteiger partial charge in [0.25, 0.3) is 5.69 Å². The van der Waals surface area contributed by atoms with Gasteiger partial charge in [0.1, 0.15) is 18.9 Å². The van der Waals surface area contributed by atoms with Gasteiger partial charge in [0.15, 0.2) is 0 Å². The molecule has 182 valence electrons. The van der Waals surface area contributed by atoms with E-state index in [1.54, 1.807) is 36.4 Å². The van der Waals surface area contributed by atoms with E-state index in [0.29, 0.717) is 30.0 Å². The average Bonchev–Trinajstić information content (AvgIpc) is 2.87. The van der Waals surface area contributed by atoms with Crippen molar-refractivity contribution in [2.75, 3.05) is 17.2 Å². The van der Waals surface area contributed by atoms with Crippen LogP contribution in [0.15, 0.2) is 78.9 Å². The Morgan fingerprint density at radius 3 is 2.20 bits per heavy atom. The summed E-state index contributed by atoms with van der Waals surface area (Å²) in [6, 6.07) is 22.4. The van der Waals surface area contributed by atoms with Crippen LogP contribution in [-0.2, 0) is 22.6 Å². The monoisotopic (exact) mass is 494 g/mol. The Hall–Kier alpha value is -3.85. The van der Waals surface area contributed by atoms with Crippen molar-refractivity contribution < 1.29 is 24.4 Å². The third kappa shape index (κ3) is 7.58. The second-order valence-corrected chi connectivity index (χ2v) is 8.29. The minimum Gasteiger partial charge on any atom is -0.489 e. The number of carboxylic acid groups (broad SMARTS) is 1. The van der Waals surface area contributed by atoms with E-state index in [1.165, 1.54) is 17.0 Å². The lowest BCUT2D eigenvalue weighted by molar-refractivity contribution is -0.384. The molecule has 8 nitrogen and oxygen atoms in total. The zero-order valence-electron chi connectivity index (χ0n) is 18.9. The van der Waals surface area contributed by atoms with Crippen molar-refractivity contribution in [2.45, 2.75) is 19.4 Å². The molecule has 0 spiro atoms. The van der Waals surface area contributed by atoms with E-state index in [0.717, 1.165) is 11.1 Å². The molecular formula is C26H26N2O6S. The SMILES string of the molecule is O=C(O)CN(C(=O)C(CS)CCc1ccccc1)c1ccc(OCc2ccc([N+](=O)[O-])cc2)cc1. The molecule has 9 heteroatoms. The predicted octanol–water partition coefficient (Wildman–Crippen LogP) is 4.77. The van der Waals surface area contributed by atoms with Crippen LogP contribution in [0.5, 0.6) is 5.75 Å². The molecule has 0 fully saturated rings. The lowest BCUT2D eigenvalue weighted by Gasteiger charge is -2.26. The molecule has 3 rings (SSSR count). The van der Waals surface area contributed by atoms with Crippen LogP contribution in [0.2, 0.25) is 0 Å². The number of aryl methyl sites for hydroxylation is 1. The summed E-state index contributed by atoms with van der Waals surface area (Å²) >= 11 is 4.34. The molecule has 0 heterocycles. The number of hydrogen-bond acceptors (Lipinski definition) is 6. The molecule has 0 radical (unpaired) electrons. The standard InChI is InChI=1S/C26H26N2O6S/c29-25(30)16-27(26(31)21(18-35)9-6-19-4-2-1-3-5-19)22-12-14-24(15-13-22)34-17-20-7-10-23(11-8-20)28(32)33/h1-5,7-8,10-15,21,35H,6,9,16-18H2,(H,29,30). The summed E-state index contributed by atoms with van der Waals surface area (Å²) in [7, 11) is 0. The number of amides is 1. The molecule has 1 amide bonds. The maximum atomic E-state index is 13.2. The van der Waals surface area contributed by atoms with E-state index >= 15 is 0 Å². The van der Waals surface area contributed by atoms with Gasteiger partial charge in [-0.15, -0.1) is 0 Å². The van der Waals surface area contributed by atoms with Crippen molar-refractivity contribution in [2.24, 2.45) is 5.92 Å². The second-order valence-electron chi connectivity index (χ2n) is 7.93. The maximum absolute atomic E-state index is 13.2. The smallest absolute Gasteiger partial charge is 0.323 e. The van der Waals surface area contributed by atoms with Crippen LogP contribution in [0.3, 0.4) is 0 Å². The highest BCUT2D eigenvalue weighted by Crippen LogP contribution is 2.24. The Morgan fingerprint density at radius 2 is 1.63 bits per heavy atom. The molecule has 0 saturated carbocycles. The predicted molar refractivity (Wildman–Crippen MR) is 136 cm³/mol. The van der Waals surface area contributed by atoms with Crippen LogP contribution in [0, 0.1) is 16.0 Å². The van der Waals surface area contributed by atoms with Gasteiger partial charge < -0.3 is 14.7 Å². The Morgan fingerprint density at radius 1 is 0.971 bits per heavy atom. The Kier molecular flexibility index (Phi) is 9.25. The van der Waals surface area contributed by atoms with E-state index in [1.807, 2.05) is 30.3 Å². The van der Waals surface area contributed by atoms with Crippen molar-refractivity contribution in [1.82, 2.24) is 0 Å². The number of carboxylic acids is 1. The molecule has 3 aromatic rings. The zero-order chi connectivity index (χ0) is 25.2. The summed E-state index contributed by atoms with van der Waals surface area (Å²) in [5, 5.41) is 20.2. The third-order valence-electron chi connectivity index (χ3n) is 5.45. The first kappa shape index (κ1) is 25.8. The van der Waals surface area contributed by atoms with Gasteiger partial charge in [0.05, 0.1) is 4.92 Å². The molecule has 0 aliphatic rings. The van der Waals surface area contributed by atoms with Gasteiger partial charge in [0.2, 0.25) is 5.91 Å². The number of carbonyl (C=O) groups is 2. The normalized spacial score (nSPS) is 11.5. The Balaban J connectivity index is 1.66. The first-order valence-electron chi connectivity index (χ1n) is 11.0. The van der Waals surface area contributed by atoms with Crippen molar-refractivity contribution in [1.29, 1.82) is 0 Å².